The summed E-state index contributed by atoms with van der Waals surface area (Å²) >= 11 is 0. The van der Waals surface area contributed by atoms with Crippen LogP contribution < -0.4 is 5.32 Å². The van der Waals surface area contributed by atoms with Crippen LogP contribution in [0.15, 0.2) is 48.5 Å². The molecule has 0 unspecified atom stereocenters. The Kier molecular flexibility index (Phi) is 7.26. The normalized spacial score (nSPS) is 14.0. The number of carbonyl (C=O) groups excluding carboxylic acids is 2. The van der Waals surface area contributed by atoms with Crippen LogP contribution in [0.25, 0.3) is 0 Å². The summed E-state index contributed by atoms with van der Waals surface area (Å²) in [7, 11) is 0. The maximum atomic E-state index is 13.0. The van der Waals surface area contributed by atoms with Gasteiger partial charge in [-0.3, -0.25) is 9.59 Å². The van der Waals surface area contributed by atoms with E-state index in [1.807, 2.05) is 12.1 Å². The van der Waals surface area contributed by atoms with E-state index in [1.54, 1.807) is 36.4 Å². The van der Waals surface area contributed by atoms with Crippen LogP contribution >= 0.6 is 0 Å². The summed E-state index contributed by atoms with van der Waals surface area (Å²) in [5.41, 5.74) is 3.55. The highest BCUT2D eigenvalue weighted by Gasteiger charge is 2.42. The fourth-order valence-electron chi connectivity index (χ4n) is 3.66. The molecule has 1 aliphatic heterocycles. The van der Waals surface area contributed by atoms with E-state index in [9.17, 15) is 22.8 Å². The summed E-state index contributed by atoms with van der Waals surface area (Å²) in [6.07, 6.45) is -2.91. The van der Waals surface area contributed by atoms with Crippen LogP contribution in [0.5, 0.6) is 0 Å². The van der Waals surface area contributed by atoms with Crippen molar-refractivity contribution in [1.82, 2.24) is 10.2 Å². The molecule has 0 aliphatic carbocycles. The number of fused-ring (bicyclic) bond motifs is 1. The Labute approximate surface area is 174 Å². The van der Waals surface area contributed by atoms with Gasteiger partial charge in [0, 0.05) is 25.1 Å². The number of hydrogen-bond donors (Lipinski definition) is 1. The van der Waals surface area contributed by atoms with E-state index in [-0.39, 0.29) is 31.7 Å². The molecule has 0 spiro atoms. The largest absolute Gasteiger partial charge is 0.471 e. The average Bonchev–Trinajstić information content (AvgIpc) is 2.97. The number of rotatable bonds is 7. The lowest BCUT2D eigenvalue weighted by molar-refractivity contribution is -0.186. The van der Waals surface area contributed by atoms with Gasteiger partial charge in [-0.1, -0.05) is 42.5 Å². The monoisotopic (exact) mass is 418 g/mol. The lowest BCUT2D eigenvalue weighted by Crippen LogP contribution is -2.41. The van der Waals surface area contributed by atoms with Gasteiger partial charge in [0.05, 0.1) is 0 Å². The van der Waals surface area contributed by atoms with E-state index in [1.165, 1.54) is 5.56 Å². The molecule has 0 aromatic heterocycles. The van der Waals surface area contributed by atoms with Crippen molar-refractivity contribution in [3.8, 4) is 0 Å². The molecule has 1 N–H and O–H groups in total. The quantitative estimate of drug-likeness (QED) is 0.694. The van der Waals surface area contributed by atoms with E-state index < -0.39 is 12.1 Å². The summed E-state index contributed by atoms with van der Waals surface area (Å²) < 4.78 is 38.9. The molecule has 1 aliphatic rings. The summed E-state index contributed by atoms with van der Waals surface area (Å²) in [6.45, 7) is 1.50. The lowest BCUT2D eigenvalue weighted by atomic mass is 9.97. The van der Waals surface area contributed by atoms with E-state index in [0.29, 0.717) is 11.1 Å². The van der Waals surface area contributed by atoms with Crippen LogP contribution in [0.3, 0.4) is 0 Å². The summed E-state index contributed by atoms with van der Waals surface area (Å²) in [5, 5.41) is 3.32. The minimum atomic E-state index is -4.94. The van der Waals surface area contributed by atoms with Gasteiger partial charge in [-0.25, -0.2) is 0 Å². The molecule has 4 nitrogen and oxygen atoms in total. The SMILES string of the molecule is O=C(CCCN(Cc1ccccc1)C(=O)C(F)(F)F)c1ccc2c(c1)CCNCC2. The number of nitrogens with zero attached hydrogens (tertiary/aromatic N) is 1. The minimum absolute atomic E-state index is 0.0907. The van der Waals surface area contributed by atoms with Crippen molar-refractivity contribution in [3.63, 3.8) is 0 Å². The summed E-state index contributed by atoms with van der Waals surface area (Å²) in [6, 6.07) is 14.2. The Bertz CT molecular complexity index is 882. The van der Waals surface area contributed by atoms with Gasteiger partial charge in [-0.05, 0) is 55.1 Å². The fraction of sp³-hybridized carbons (Fsp3) is 0.391. The van der Waals surface area contributed by atoms with Gasteiger partial charge in [-0.2, -0.15) is 13.2 Å². The molecule has 0 saturated carbocycles. The van der Waals surface area contributed by atoms with Crippen molar-refractivity contribution < 1.29 is 22.8 Å². The number of benzene rings is 2. The molecule has 30 heavy (non-hydrogen) atoms. The number of halogens is 3. The Morgan fingerprint density at radius 1 is 0.967 bits per heavy atom. The van der Waals surface area contributed by atoms with Gasteiger partial charge in [0.15, 0.2) is 5.78 Å². The zero-order chi connectivity index (χ0) is 21.6. The molecule has 7 heteroatoms. The second-order valence-electron chi connectivity index (χ2n) is 7.47. The Morgan fingerprint density at radius 2 is 1.67 bits per heavy atom. The predicted molar refractivity (Wildman–Crippen MR) is 108 cm³/mol. The highest BCUT2D eigenvalue weighted by atomic mass is 19.4. The number of amides is 1. The Morgan fingerprint density at radius 3 is 2.37 bits per heavy atom. The van der Waals surface area contributed by atoms with E-state index in [0.717, 1.165) is 36.4 Å². The van der Waals surface area contributed by atoms with E-state index in [2.05, 4.69) is 5.32 Å². The molecule has 1 amide bonds. The zero-order valence-electron chi connectivity index (χ0n) is 16.7. The molecule has 2 aromatic carbocycles. The molecule has 3 rings (SSSR count). The fourth-order valence-corrected chi connectivity index (χ4v) is 3.66. The van der Waals surface area contributed by atoms with Gasteiger partial charge in [0.2, 0.25) is 0 Å². The first-order valence-corrected chi connectivity index (χ1v) is 10.1. The highest BCUT2D eigenvalue weighted by molar-refractivity contribution is 5.96. The van der Waals surface area contributed by atoms with Gasteiger partial charge in [0.1, 0.15) is 0 Å². The maximum absolute atomic E-state index is 13.0. The number of nitrogens with one attached hydrogen (secondary N) is 1. The molecule has 1 heterocycles. The van der Waals surface area contributed by atoms with Crippen LogP contribution in [0.1, 0.15) is 39.9 Å². The van der Waals surface area contributed by atoms with Crippen molar-refractivity contribution in [2.75, 3.05) is 19.6 Å². The number of ketones is 1. The third-order valence-corrected chi connectivity index (χ3v) is 5.25. The number of hydrogen-bond acceptors (Lipinski definition) is 3. The zero-order valence-corrected chi connectivity index (χ0v) is 16.7. The van der Waals surface area contributed by atoms with Crippen molar-refractivity contribution in [1.29, 1.82) is 0 Å². The molecular weight excluding hydrogens is 393 g/mol. The van der Waals surface area contributed by atoms with Crippen molar-refractivity contribution >= 4 is 11.7 Å². The first-order valence-electron chi connectivity index (χ1n) is 10.1. The summed E-state index contributed by atoms with van der Waals surface area (Å²) in [4.78, 5) is 25.2. The van der Waals surface area contributed by atoms with Crippen molar-refractivity contribution in [3.05, 3.63) is 70.8 Å². The molecule has 0 radical (unpaired) electrons. The number of carbonyl (C=O) groups is 2. The highest BCUT2D eigenvalue weighted by Crippen LogP contribution is 2.21. The standard InChI is InChI=1S/C23H25F3N2O2/c24-23(25,26)22(30)28(16-17-5-2-1-3-6-17)14-4-7-21(29)20-9-8-18-10-12-27-13-11-19(18)15-20/h1-3,5-6,8-9,15,27H,4,7,10-14,16H2. The number of alkyl halides is 3. The van der Waals surface area contributed by atoms with Crippen molar-refractivity contribution in [2.45, 2.75) is 38.4 Å². The first kappa shape index (κ1) is 22.0. The van der Waals surface area contributed by atoms with Crippen molar-refractivity contribution in [2.24, 2.45) is 0 Å². The van der Waals surface area contributed by atoms with Gasteiger partial charge in [-0.15, -0.1) is 0 Å². The molecule has 2 aromatic rings. The van der Waals surface area contributed by atoms with Gasteiger partial charge < -0.3 is 10.2 Å². The Balaban J connectivity index is 1.62. The topological polar surface area (TPSA) is 49.4 Å². The van der Waals surface area contributed by atoms with E-state index in [4.69, 9.17) is 0 Å². The third kappa shape index (κ3) is 5.92. The molecule has 0 atom stereocenters. The Hall–Kier alpha value is -2.67. The van der Waals surface area contributed by atoms with E-state index >= 15 is 0 Å². The number of Topliss-reactive ketones (excluding diaryl/α,β-unsaturated/α-hetero) is 1. The third-order valence-electron chi connectivity index (χ3n) is 5.25. The molecular formula is C23H25F3N2O2. The average molecular weight is 418 g/mol. The molecule has 0 saturated heterocycles. The molecule has 160 valence electrons. The second-order valence-corrected chi connectivity index (χ2v) is 7.47. The maximum Gasteiger partial charge on any atom is 0.471 e. The van der Waals surface area contributed by atoms with Crippen LogP contribution in [0.4, 0.5) is 13.2 Å². The van der Waals surface area contributed by atoms with Crippen LogP contribution in [-0.4, -0.2) is 42.4 Å². The van der Waals surface area contributed by atoms with Crippen LogP contribution in [-0.2, 0) is 24.2 Å². The molecule has 0 bridgehead atoms. The van der Waals surface area contributed by atoms with Gasteiger partial charge in [0.25, 0.3) is 0 Å². The van der Waals surface area contributed by atoms with Crippen LogP contribution in [0.2, 0.25) is 0 Å². The second kappa shape index (κ2) is 9.89. The predicted octanol–water partition coefficient (Wildman–Crippen LogP) is 3.93. The lowest BCUT2D eigenvalue weighted by Gasteiger charge is -2.23. The molecule has 0 fully saturated rings. The first-order chi connectivity index (χ1) is 14.3. The minimum Gasteiger partial charge on any atom is -0.331 e. The smallest absolute Gasteiger partial charge is 0.331 e. The summed E-state index contributed by atoms with van der Waals surface area (Å²) in [5.74, 6) is -1.99. The van der Waals surface area contributed by atoms with Crippen LogP contribution in [0, 0.1) is 0 Å². The van der Waals surface area contributed by atoms with Gasteiger partial charge >= 0.3 is 12.1 Å².